The minimum atomic E-state index is 0.00780. The highest BCUT2D eigenvalue weighted by Gasteiger charge is 2.29. The second kappa shape index (κ2) is 5.92. The van der Waals surface area contributed by atoms with Crippen LogP contribution in [0.25, 0.3) is 0 Å². The molecule has 5 heteroatoms. The summed E-state index contributed by atoms with van der Waals surface area (Å²) < 4.78 is 11.5. The van der Waals surface area contributed by atoms with Crippen molar-refractivity contribution < 1.29 is 14.3 Å². The fraction of sp³-hybridized carbons (Fsp3) is 0.500. The number of hydrogen-bond donors (Lipinski definition) is 0. The van der Waals surface area contributed by atoms with Crippen LogP contribution in [0.3, 0.4) is 0 Å². The van der Waals surface area contributed by atoms with Gasteiger partial charge in [-0.15, -0.1) is 0 Å². The Hall–Kier alpha value is -1.07. The van der Waals surface area contributed by atoms with E-state index in [0.29, 0.717) is 24.5 Å². The molecule has 2 rings (SSSR count). The molecule has 1 aliphatic heterocycles. The first kappa shape index (κ1) is 14.3. The number of ether oxygens (including phenoxy) is 2. The summed E-state index contributed by atoms with van der Waals surface area (Å²) in [4.78, 5) is 14.5. The minimum Gasteiger partial charge on any atom is -0.497 e. The van der Waals surface area contributed by atoms with Gasteiger partial charge in [0.15, 0.2) is 0 Å². The maximum absolute atomic E-state index is 12.6. The van der Waals surface area contributed by atoms with Gasteiger partial charge in [0, 0.05) is 11.0 Å². The van der Waals surface area contributed by atoms with Crippen LogP contribution < -0.4 is 4.74 Å². The molecule has 1 saturated heterocycles. The van der Waals surface area contributed by atoms with E-state index < -0.39 is 0 Å². The van der Waals surface area contributed by atoms with Crippen LogP contribution in [0, 0.1) is 0 Å². The number of nitrogens with zero attached hydrogens (tertiary/aromatic N) is 1. The highest BCUT2D eigenvalue weighted by atomic mass is 79.9. The van der Waals surface area contributed by atoms with Crippen molar-refractivity contribution in [1.82, 2.24) is 4.90 Å². The molecule has 1 heterocycles. The Labute approximate surface area is 121 Å². The molecule has 2 atom stereocenters. The molecule has 0 aliphatic carbocycles. The van der Waals surface area contributed by atoms with Crippen LogP contribution in [0.4, 0.5) is 0 Å². The van der Waals surface area contributed by atoms with E-state index in [-0.39, 0.29) is 18.1 Å². The number of rotatable bonds is 2. The number of morpholine rings is 1. The smallest absolute Gasteiger partial charge is 0.255 e. The monoisotopic (exact) mass is 327 g/mol. The third-order valence-corrected chi connectivity index (χ3v) is 3.96. The molecule has 0 radical (unpaired) electrons. The van der Waals surface area contributed by atoms with Crippen molar-refractivity contribution in [1.29, 1.82) is 0 Å². The second-order valence-electron chi connectivity index (χ2n) is 4.80. The van der Waals surface area contributed by atoms with Crippen LogP contribution >= 0.6 is 15.9 Å². The van der Waals surface area contributed by atoms with E-state index in [1.807, 2.05) is 30.9 Å². The van der Waals surface area contributed by atoms with Crippen molar-refractivity contribution in [2.75, 3.05) is 20.3 Å². The molecule has 4 nitrogen and oxygen atoms in total. The van der Waals surface area contributed by atoms with Gasteiger partial charge in [-0.1, -0.05) is 0 Å². The fourth-order valence-corrected chi connectivity index (χ4v) is 2.55. The Morgan fingerprint density at radius 1 is 1.47 bits per heavy atom. The molecule has 104 valence electrons. The average molecular weight is 328 g/mol. The molecule has 0 saturated carbocycles. The standard InChI is InChI=1S/C14H18BrNO3/c1-9-8-19-10(2)7-16(9)14(17)12-6-11(18-3)4-5-13(12)15/h4-6,9-10H,7-8H2,1-3H3/t9-,10+/m0/s1. The Balaban J connectivity index is 2.27. The lowest BCUT2D eigenvalue weighted by molar-refractivity contribution is -0.0387. The Bertz CT molecular complexity index is 478. The summed E-state index contributed by atoms with van der Waals surface area (Å²) in [6, 6.07) is 5.51. The fourth-order valence-electron chi connectivity index (χ4n) is 2.14. The lowest BCUT2D eigenvalue weighted by Crippen LogP contribution is -2.50. The predicted octanol–water partition coefficient (Wildman–Crippen LogP) is 2.71. The lowest BCUT2D eigenvalue weighted by Gasteiger charge is -2.37. The van der Waals surface area contributed by atoms with Crippen LogP contribution in [0.1, 0.15) is 24.2 Å². The van der Waals surface area contributed by atoms with E-state index in [0.717, 1.165) is 4.47 Å². The number of carbonyl (C=O) groups is 1. The molecule has 19 heavy (non-hydrogen) atoms. The summed E-state index contributed by atoms with van der Waals surface area (Å²) in [6.07, 6.45) is 0.0736. The maximum Gasteiger partial charge on any atom is 0.255 e. The summed E-state index contributed by atoms with van der Waals surface area (Å²) in [5.41, 5.74) is 0.625. The molecule has 0 bridgehead atoms. The van der Waals surface area contributed by atoms with Crippen molar-refractivity contribution in [3.05, 3.63) is 28.2 Å². The van der Waals surface area contributed by atoms with E-state index in [1.54, 1.807) is 13.2 Å². The third-order valence-electron chi connectivity index (χ3n) is 3.27. The van der Waals surface area contributed by atoms with Gasteiger partial charge in [0.05, 0.1) is 31.4 Å². The SMILES string of the molecule is COc1ccc(Br)c(C(=O)N2C[C@@H](C)OC[C@@H]2C)c1. The van der Waals surface area contributed by atoms with Crippen LogP contribution in [0.2, 0.25) is 0 Å². The van der Waals surface area contributed by atoms with Gasteiger partial charge >= 0.3 is 0 Å². The Morgan fingerprint density at radius 3 is 2.89 bits per heavy atom. The normalized spacial score (nSPS) is 23.3. The zero-order chi connectivity index (χ0) is 14.0. The van der Waals surface area contributed by atoms with Crippen LogP contribution in [0.15, 0.2) is 22.7 Å². The summed E-state index contributed by atoms with van der Waals surface area (Å²) in [6.45, 7) is 5.17. The van der Waals surface area contributed by atoms with Crippen LogP contribution in [0.5, 0.6) is 5.75 Å². The maximum atomic E-state index is 12.6. The molecule has 0 N–H and O–H groups in total. The lowest BCUT2D eigenvalue weighted by atomic mass is 10.1. The van der Waals surface area contributed by atoms with E-state index >= 15 is 0 Å². The van der Waals surface area contributed by atoms with Crippen molar-refractivity contribution in [3.63, 3.8) is 0 Å². The zero-order valence-corrected chi connectivity index (χ0v) is 12.9. The Kier molecular flexibility index (Phi) is 4.47. The summed E-state index contributed by atoms with van der Waals surface area (Å²) in [5.74, 6) is 0.689. The average Bonchev–Trinajstić information content (AvgIpc) is 2.41. The van der Waals surface area contributed by atoms with Crippen molar-refractivity contribution in [2.45, 2.75) is 26.0 Å². The molecule has 0 unspecified atom stereocenters. The van der Waals surface area contributed by atoms with Gasteiger partial charge < -0.3 is 14.4 Å². The summed E-state index contributed by atoms with van der Waals surface area (Å²) in [5, 5.41) is 0. The highest BCUT2D eigenvalue weighted by Crippen LogP contribution is 2.25. The zero-order valence-electron chi connectivity index (χ0n) is 11.4. The topological polar surface area (TPSA) is 38.8 Å². The van der Waals surface area contributed by atoms with E-state index in [2.05, 4.69) is 15.9 Å². The largest absolute Gasteiger partial charge is 0.497 e. The van der Waals surface area contributed by atoms with Gasteiger partial charge in [0.25, 0.3) is 5.91 Å². The first-order valence-corrected chi connectivity index (χ1v) is 7.08. The second-order valence-corrected chi connectivity index (χ2v) is 5.65. The van der Waals surface area contributed by atoms with E-state index in [9.17, 15) is 4.79 Å². The van der Waals surface area contributed by atoms with Gasteiger partial charge in [-0.05, 0) is 48.0 Å². The third kappa shape index (κ3) is 3.09. The quantitative estimate of drug-likeness (QED) is 0.838. The highest BCUT2D eigenvalue weighted by molar-refractivity contribution is 9.10. The number of halogens is 1. The molecule has 1 aromatic carbocycles. The number of benzene rings is 1. The first-order valence-electron chi connectivity index (χ1n) is 6.29. The van der Waals surface area contributed by atoms with Crippen LogP contribution in [-0.4, -0.2) is 43.2 Å². The van der Waals surface area contributed by atoms with E-state index in [4.69, 9.17) is 9.47 Å². The number of hydrogen-bond acceptors (Lipinski definition) is 3. The van der Waals surface area contributed by atoms with Crippen molar-refractivity contribution >= 4 is 21.8 Å². The number of carbonyl (C=O) groups excluding carboxylic acids is 1. The molecule has 1 aliphatic rings. The minimum absolute atomic E-state index is 0.00780. The predicted molar refractivity (Wildman–Crippen MR) is 76.6 cm³/mol. The molecular weight excluding hydrogens is 310 g/mol. The van der Waals surface area contributed by atoms with Gasteiger partial charge in [-0.25, -0.2) is 0 Å². The van der Waals surface area contributed by atoms with Crippen LogP contribution in [-0.2, 0) is 4.74 Å². The molecule has 0 spiro atoms. The Morgan fingerprint density at radius 2 is 2.21 bits per heavy atom. The molecular formula is C14H18BrNO3. The molecule has 1 aromatic rings. The number of amides is 1. The first-order chi connectivity index (χ1) is 9.02. The summed E-state index contributed by atoms with van der Waals surface area (Å²) in [7, 11) is 1.59. The molecule has 1 amide bonds. The van der Waals surface area contributed by atoms with E-state index in [1.165, 1.54) is 0 Å². The summed E-state index contributed by atoms with van der Waals surface area (Å²) >= 11 is 3.43. The van der Waals surface area contributed by atoms with Gasteiger partial charge in [-0.2, -0.15) is 0 Å². The molecule has 1 fully saturated rings. The van der Waals surface area contributed by atoms with Crippen molar-refractivity contribution in [3.8, 4) is 5.75 Å². The number of methoxy groups -OCH3 is 1. The van der Waals surface area contributed by atoms with Gasteiger partial charge in [0.2, 0.25) is 0 Å². The van der Waals surface area contributed by atoms with Crippen molar-refractivity contribution in [2.24, 2.45) is 0 Å². The van der Waals surface area contributed by atoms with Gasteiger partial charge in [-0.3, -0.25) is 4.79 Å². The molecule has 0 aromatic heterocycles. The van der Waals surface area contributed by atoms with Gasteiger partial charge in [0.1, 0.15) is 5.75 Å².